The SMILES string of the molecule is CN(C(=O)[C@@H](N)C1CCC(NC(=O)CCCO)CC1)C1CCC1. The smallest absolute Gasteiger partial charge is 0.239 e. The number of hydrogen-bond donors (Lipinski definition) is 3. The lowest BCUT2D eigenvalue weighted by Crippen LogP contribution is -2.52. The van der Waals surface area contributed by atoms with Crippen LogP contribution in [0.3, 0.4) is 0 Å². The third kappa shape index (κ3) is 4.91. The number of aliphatic hydroxyl groups is 1. The van der Waals surface area contributed by atoms with Gasteiger partial charge in [-0.15, -0.1) is 0 Å². The minimum Gasteiger partial charge on any atom is -0.396 e. The average molecular weight is 325 g/mol. The summed E-state index contributed by atoms with van der Waals surface area (Å²) in [4.78, 5) is 26.0. The van der Waals surface area contributed by atoms with Crippen LogP contribution in [0.25, 0.3) is 0 Å². The summed E-state index contributed by atoms with van der Waals surface area (Å²) >= 11 is 0. The molecule has 6 heteroatoms. The second-order valence-electron chi connectivity index (χ2n) is 7.07. The van der Waals surface area contributed by atoms with Crippen molar-refractivity contribution in [1.82, 2.24) is 10.2 Å². The van der Waals surface area contributed by atoms with E-state index in [0.717, 1.165) is 38.5 Å². The second kappa shape index (κ2) is 8.64. The Labute approximate surface area is 138 Å². The second-order valence-corrected chi connectivity index (χ2v) is 7.07. The largest absolute Gasteiger partial charge is 0.396 e. The molecule has 23 heavy (non-hydrogen) atoms. The van der Waals surface area contributed by atoms with Crippen LogP contribution in [0, 0.1) is 5.92 Å². The topological polar surface area (TPSA) is 95.7 Å². The molecule has 0 aromatic heterocycles. The summed E-state index contributed by atoms with van der Waals surface area (Å²) in [7, 11) is 1.87. The summed E-state index contributed by atoms with van der Waals surface area (Å²) in [6, 6.07) is 0.159. The molecule has 2 aliphatic rings. The first-order chi connectivity index (χ1) is 11.0. The van der Waals surface area contributed by atoms with E-state index >= 15 is 0 Å². The maximum atomic E-state index is 12.5. The number of aliphatic hydroxyl groups excluding tert-OH is 1. The van der Waals surface area contributed by atoms with E-state index in [1.165, 1.54) is 6.42 Å². The van der Waals surface area contributed by atoms with Crippen LogP contribution in [0.1, 0.15) is 57.8 Å². The minimum atomic E-state index is -0.411. The van der Waals surface area contributed by atoms with E-state index in [0.29, 0.717) is 18.9 Å². The zero-order valence-corrected chi connectivity index (χ0v) is 14.2. The Hall–Kier alpha value is -1.14. The number of nitrogens with one attached hydrogen (secondary N) is 1. The lowest BCUT2D eigenvalue weighted by Gasteiger charge is -2.38. The fourth-order valence-electron chi connectivity index (χ4n) is 3.55. The van der Waals surface area contributed by atoms with Crippen LogP contribution in [0.4, 0.5) is 0 Å². The predicted octanol–water partition coefficient (Wildman–Crippen LogP) is 0.772. The first kappa shape index (κ1) is 18.2. The summed E-state index contributed by atoms with van der Waals surface area (Å²) in [6.07, 6.45) is 7.82. The number of likely N-dealkylation sites (N-methyl/N-ethyl adjacent to an activating group) is 1. The standard InChI is InChI=1S/C17H31N3O3/c1-20(14-4-2-5-14)17(23)16(18)12-7-9-13(10-8-12)19-15(22)6-3-11-21/h12-14,16,21H,2-11,18H2,1H3,(H,19,22)/t12?,13?,16-/m0/s1. The van der Waals surface area contributed by atoms with Crippen LogP contribution < -0.4 is 11.1 Å². The van der Waals surface area contributed by atoms with E-state index in [1.54, 1.807) is 0 Å². The highest BCUT2D eigenvalue weighted by atomic mass is 16.3. The summed E-state index contributed by atoms with van der Waals surface area (Å²) < 4.78 is 0. The van der Waals surface area contributed by atoms with Gasteiger partial charge in [0.05, 0.1) is 6.04 Å². The molecule has 0 aromatic carbocycles. The maximum absolute atomic E-state index is 12.5. The highest BCUT2D eigenvalue weighted by molar-refractivity contribution is 5.82. The molecule has 6 nitrogen and oxygen atoms in total. The minimum absolute atomic E-state index is 0.00703. The first-order valence-electron chi connectivity index (χ1n) is 8.95. The van der Waals surface area contributed by atoms with Crippen molar-refractivity contribution in [3.63, 3.8) is 0 Å². The van der Waals surface area contributed by atoms with E-state index in [-0.39, 0.29) is 30.4 Å². The van der Waals surface area contributed by atoms with E-state index in [9.17, 15) is 9.59 Å². The first-order valence-corrected chi connectivity index (χ1v) is 8.95. The Balaban J connectivity index is 1.72. The Bertz CT molecular complexity index is 404. The number of nitrogens with two attached hydrogens (primary N) is 1. The van der Waals surface area contributed by atoms with Crippen molar-refractivity contribution in [2.75, 3.05) is 13.7 Å². The molecule has 4 N–H and O–H groups in total. The van der Waals surface area contributed by atoms with Crippen LogP contribution in [0.15, 0.2) is 0 Å². The number of carbonyl (C=O) groups is 2. The molecule has 2 amide bonds. The fraction of sp³-hybridized carbons (Fsp3) is 0.882. The molecular weight excluding hydrogens is 294 g/mol. The molecule has 0 aliphatic heterocycles. The zero-order valence-electron chi connectivity index (χ0n) is 14.2. The number of rotatable bonds is 7. The molecule has 0 saturated heterocycles. The quantitative estimate of drug-likeness (QED) is 0.644. The van der Waals surface area contributed by atoms with Gasteiger partial charge < -0.3 is 21.1 Å². The van der Waals surface area contributed by atoms with Gasteiger partial charge in [-0.3, -0.25) is 9.59 Å². The molecule has 2 saturated carbocycles. The van der Waals surface area contributed by atoms with Crippen molar-refractivity contribution < 1.29 is 14.7 Å². The highest BCUT2D eigenvalue weighted by Crippen LogP contribution is 2.29. The lowest BCUT2D eigenvalue weighted by atomic mass is 9.81. The van der Waals surface area contributed by atoms with Gasteiger partial charge in [-0.05, 0) is 57.3 Å². The molecule has 0 spiro atoms. The van der Waals surface area contributed by atoms with Crippen molar-refractivity contribution >= 4 is 11.8 Å². The molecule has 132 valence electrons. The molecule has 0 radical (unpaired) electrons. The van der Waals surface area contributed by atoms with Crippen molar-refractivity contribution in [3.05, 3.63) is 0 Å². The zero-order chi connectivity index (χ0) is 16.8. The predicted molar refractivity (Wildman–Crippen MR) is 88.6 cm³/mol. The molecule has 2 fully saturated rings. The fourth-order valence-corrected chi connectivity index (χ4v) is 3.55. The molecule has 0 unspecified atom stereocenters. The van der Waals surface area contributed by atoms with Gasteiger partial charge in [-0.25, -0.2) is 0 Å². The van der Waals surface area contributed by atoms with Crippen LogP contribution in [-0.2, 0) is 9.59 Å². The Morgan fingerprint density at radius 1 is 1.22 bits per heavy atom. The van der Waals surface area contributed by atoms with Gasteiger partial charge >= 0.3 is 0 Å². The Morgan fingerprint density at radius 2 is 1.87 bits per heavy atom. The van der Waals surface area contributed by atoms with E-state index in [4.69, 9.17) is 10.8 Å². The van der Waals surface area contributed by atoms with Crippen molar-refractivity contribution in [3.8, 4) is 0 Å². The summed E-state index contributed by atoms with van der Waals surface area (Å²) in [5, 5.41) is 11.8. The van der Waals surface area contributed by atoms with E-state index in [2.05, 4.69) is 5.32 Å². The molecule has 2 aliphatic carbocycles. The molecule has 0 heterocycles. The van der Waals surface area contributed by atoms with E-state index < -0.39 is 6.04 Å². The normalized spacial score (nSPS) is 26.2. The molecule has 1 atom stereocenters. The number of hydrogen-bond acceptors (Lipinski definition) is 4. The maximum Gasteiger partial charge on any atom is 0.239 e. The van der Waals surface area contributed by atoms with Gasteiger partial charge in [0.25, 0.3) is 0 Å². The van der Waals surface area contributed by atoms with Crippen LogP contribution in [0.2, 0.25) is 0 Å². The van der Waals surface area contributed by atoms with Crippen LogP contribution in [-0.4, -0.2) is 53.6 Å². The number of nitrogens with zero attached hydrogens (tertiary/aromatic N) is 1. The molecule has 0 bridgehead atoms. The summed E-state index contributed by atoms with van der Waals surface area (Å²) in [6.45, 7) is 0.0473. The van der Waals surface area contributed by atoms with Gasteiger partial charge in [0.1, 0.15) is 0 Å². The van der Waals surface area contributed by atoms with Gasteiger partial charge in [-0.2, -0.15) is 0 Å². The van der Waals surface area contributed by atoms with Crippen LogP contribution >= 0.6 is 0 Å². The molecular formula is C17H31N3O3. The summed E-state index contributed by atoms with van der Waals surface area (Å²) in [5.74, 6) is 0.299. The van der Waals surface area contributed by atoms with Gasteiger partial charge in [-0.1, -0.05) is 0 Å². The Morgan fingerprint density at radius 3 is 2.39 bits per heavy atom. The van der Waals surface area contributed by atoms with Gasteiger partial charge in [0.2, 0.25) is 11.8 Å². The third-order valence-corrected chi connectivity index (χ3v) is 5.46. The Kier molecular flexibility index (Phi) is 6.84. The molecule has 2 rings (SSSR count). The number of amides is 2. The average Bonchev–Trinajstić information content (AvgIpc) is 2.50. The third-order valence-electron chi connectivity index (χ3n) is 5.46. The number of carbonyl (C=O) groups excluding carboxylic acids is 2. The van der Waals surface area contributed by atoms with E-state index in [1.807, 2.05) is 11.9 Å². The molecule has 0 aromatic rings. The van der Waals surface area contributed by atoms with Crippen molar-refractivity contribution in [2.24, 2.45) is 11.7 Å². The van der Waals surface area contributed by atoms with Crippen LogP contribution in [0.5, 0.6) is 0 Å². The van der Waals surface area contributed by atoms with Gasteiger partial charge in [0.15, 0.2) is 0 Å². The summed E-state index contributed by atoms with van der Waals surface area (Å²) in [5.41, 5.74) is 6.22. The van der Waals surface area contributed by atoms with Gasteiger partial charge in [0, 0.05) is 32.2 Å². The van der Waals surface area contributed by atoms with Crippen molar-refractivity contribution in [2.45, 2.75) is 75.9 Å². The monoisotopic (exact) mass is 325 g/mol. The van der Waals surface area contributed by atoms with Crippen molar-refractivity contribution in [1.29, 1.82) is 0 Å². The highest BCUT2D eigenvalue weighted by Gasteiger charge is 2.34. The lowest BCUT2D eigenvalue weighted by molar-refractivity contribution is -0.136.